The highest BCUT2D eigenvalue weighted by atomic mass is 32.2. The molecule has 0 aliphatic heterocycles. The Kier molecular flexibility index (Phi) is 4.92. The van der Waals surface area contributed by atoms with Crippen molar-refractivity contribution in [2.24, 2.45) is 11.8 Å². The van der Waals surface area contributed by atoms with Gasteiger partial charge in [0.15, 0.2) is 0 Å². The van der Waals surface area contributed by atoms with Gasteiger partial charge in [-0.05, 0) is 25.2 Å². The SMILES string of the molecule is CC(C)[C@H](NC(=O)[C@H]1CC[C@@H](S(=O)(=O)O)C1)C(=O)O. The molecule has 1 fully saturated rings. The van der Waals surface area contributed by atoms with Crippen LogP contribution in [0.4, 0.5) is 0 Å². The van der Waals surface area contributed by atoms with Gasteiger partial charge in [-0.1, -0.05) is 13.8 Å². The Labute approximate surface area is 112 Å². The maximum atomic E-state index is 11.9. The fourth-order valence-electron chi connectivity index (χ4n) is 2.23. The molecule has 0 aromatic heterocycles. The van der Waals surface area contributed by atoms with Gasteiger partial charge < -0.3 is 10.4 Å². The van der Waals surface area contributed by atoms with Gasteiger partial charge in [0.1, 0.15) is 6.04 Å². The Bertz CT molecular complexity index is 458. The van der Waals surface area contributed by atoms with E-state index >= 15 is 0 Å². The van der Waals surface area contributed by atoms with Crippen molar-refractivity contribution in [3.05, 3.63) is 0 Å². The largest absolute Gasteiger partial charge is 0.480 e. The minimum absolute atomic E-state index is 0.0368. The first-order valence-corrected chi connectivity index (χ1v) is 7.62. The lowest BCUT2D eigenvalue weighted by Gasteiger charge is -2.20. The first kappa shape index (κ1) is 15.9. The zero-order valence-corrected chi connectivity index (χ0v) is 11.7. The summed E-state index contributed by atoms with van der Waals surface area (Å²) in [4.78, 5) is 22.9. The highest BCUT2D eigenvalue weighted by Gasteiger charge is 2.37. The van der Waals surface area contributed by atoms with E-state index in [1.807, 2.05) is 0 Å². The Balaban J connectivity index is 2.63. The van der Waals surface area contributed by atoms with E-state index in [4.69, 9.17) is 9.66 Å². The molecule has 0 unspecified atom stereocenters. The van der Waals surface area contributed by atoms with Crippen molar-refractivity contribution in [3.63, 3.8) is 0 Å². The zero-order valence-electron chi connectivity index (χ0n) is 10.9. The van der Waals surface area contributed by atoms with Crippen LogP contribution in [0.15, 0.2) is 0 Å². The summed E-state index contributed by atoms with van der Waals surface area (Å²) >= 11 is 0. The molecule has 1 amide bonds. The Morgan fingerprint density at radius 2 is 1.84 bits per heavy atom. The zero-order chi connectivity index (χ0) is 14.8. The molecule has 110 valence electrons. The maximum absolute atomic E-state index is 11.9. The summed E-state index contributed by atoms with van der Waals surface area (Å²) in [5, 5.41) is 10.5. The number of carbonyl (C=O) groups is 2. The van der Waals surface area contributed by atoms with Crippen LogP contribution in [-0.2, 0) is 19.7 Å². The molecule has 8 heteroatoms. The second-order valence-electron chi connectivity index (χ2n) is 5.22. The van der Waals surface area contributed by atoms with Crippen LogP contribution < -0.4 is 5.32 Å². The van der Waals surface area contributed by atoms with Gasteiger partial charge in [0.05, 0.1) is 5.25 Å². The summed E-state index contributed by atoms with van der Waals surface area (Å²) in [6.45, 7) is 3.35. The lowest BCUT2D eigenvalue weighted by molar-refractivity contribution is -0.143. The van der Waals surface area contributed by atoms with Gasteiger partial charge in [0.2, 0.25) is 5.91 Å². The third-order valence-electron chi connectivity index (χ3n) is 3.41. The Hall–Kier alpha value is -1.15. The van der Waals surface area contributed by atoms with Crippen LogP contribution in [0, 0.1) is 11.8 Å². The van der Waals surface area contributed by atoms with Gasteiger partial charge in [0.25, 0.3) is 10.1 Å². The van der Waals surface area contributed by atoms with Crippen molar-refractivity contribution in [2.75, 3.05) is 0 Å². The molecule has 1 saturated carbocycles. The summed E-state index contributed by atoms with van der Waals surface area (Å²) in [7, 11) is -4.13. The molecular weight excluding hydrogens is 274 g/mol. The van der Waals surface area contributed by atoms with E-state index in [1.54, 1.807) is 13.8 Å². The van der Waals surface area contributed by atoms with Crippen LogP contribution in [0.25, 0.3) is 0 Å². The van der Waals surface area contributed by atoms with E-state index in [-0.39, 0.29) is 18.8 Å². The number of amides is 1. The Morgan fingerprint density at radius 3 is 2.21 bits per heavy atom. The predicted octanol–water partition coefficient (Wildman–Crippen LogP) is 0.268. The molecular formula is C11H19NO6S. The highest BCUT2D eigenvalue weighted by Crippen LogP contribution is 2.30. The van der Waals surface area contributed by atoms with E-state index in [0.717, 1.165) is 0 Å². The third kappa shape index (κ3) is 4.17. The average molecular weight is 293 g/mol. The number of nitrogens with one attached hydrogen (secondary N) is 1. The van der Waals surface area contributed by atoms with Crippen LogP contribution in [-0.4, -0.2) is 41.2 Å². The van der Waals surface area contributed by atoms with Gasteiger partial charge in [-0.3, -0.25) is 9.35 Å². The molecule has 7 nitrogen and oxygen atoms in total. The van der Waals surface area contributed by atoms with Crippen LogP contribution in [0.2, 0.25) is 0 Å². The molecule has 0 saturated heterocycles. The smallest absolute Gasteiger partial charge is 0.326 e. The number of carbonyl (C=O) groups excluding carboxylic acids is 1. The van der Waals surface area contributed by atoms with Crippen LogP contribution in [0.5, 0.6) is 0 Å². The number of rotatable bonds is 5. The van der Waals surface area contributed by atoms with E-state index in [9.17, 15) is 18.0 Å². The highest BCUT2D eigenvalue weighted by molar-refractivity contribution is 7.86. The molecule has 0 aromatic rings. The summed E-state index contributed by atoms with van der Waals surface area (Å²) in [6, 6.07) is -0.989. The lowest BCUT2D eigenvalue weighted by Crippen LogP contribution is -2.46. The van der Waals surface area contributed by atoms with Crippen molar-refractivity contribution in [1.82, 2.24) is 5.32 Å². The molecule has 0 radical (unpaired) electrons. The second kappa shape index (κ2) is 5.87. The molecule has 3 atom stereocenters. The van der Waals surface area contributed by atoms with Gasteiger partial charge in [-0.25, -0.2) is 4.79 Å². The van der Waals surface area contributed by atoms with Gasteiger partial charge >= 0.3 is 5.97 Å². The summed E-state index contributed by atoms with van der Waals surface area (Å²) in [5.74, 6) is -2.41. The molecule has 1 aliphatic carbocycles. The maximum Gasteiger partial charge on any atom is 0.326 e. The summed E-state index contributed by atoms with van der Waals surface area (Å²) < 4.78 is 30.9. The Morgan fingerprint density at radius 1 is 1.26 bits per heavy atom. The molecule has 0 aromatic carbocycles. The molecule has 0 bridgehead atoms. The molecule has 3 N–H and O–H groups in total. The lowest BCUT2D eigenvalue weighted by atomic mass is 10.0. The van der Waals surface area contributed by atoms with Crippen molar-refractivity contribution < 1.29 is 27.7 Å². The summed E-state index contributed by atoms with van der Waals surface area (Å²) in [5.41, 5.74) is 0. The van der Waals surface area contributed by atoms with E-state index in [2.05, 4.69) is 5.32 Å². The van der Waals surface area contributed by atoms with Gasteiger partial charge in [-0.15, -0.1) is 0 Å². The first-order chi connectivity index (χ1) is 8.62. The van der Waals surface area contributed by atoms with E-state index in [1.165, 1.54) is 0 Å². The number of hydrogen-bond donors (Lipinski definition) is 3. The fraction of sp³-hybridized carbons (Fsp3) is 0.818. The number of carboxylic acids is 1. The van der Waals surface area contributed by atoms with Crippen molar-refractivity contribution in [1.29, 1.82) is 0 Å². The second-order valence-corrected chi connectivity index (χ2v) is 6.91. The first-order valence-electron chi connectivity index (χ1n) is 6.12. The molecule has 19 heavy (non-hydrogen) atoms. The van der Waals surface area contributed by atoms with Gasteiger partial charge in [-0.2, -0.15) is 8.42 Å². The summed E-state index contributed by atoms with van der Waals surface area (Å²) in [6.07, 6.45) is 0.589. The predicted molar refractivity (Wildman–Crippen MR) is 67.1 cm³/mol. The van der Waals surface area contributed by atoms with Crippen molar-refractivity contribution in [3.8, 4) is 0 Å². The third-order valence-corrected chi connectivity index (χ3v) is 4.68. The normalized spacial score (nSPS) is 25.3. The molecule has 0 heterocycles. The fourth-order valence-corrected chi connectivity index (χ4v) is 3.14. The standard InChI is InChI=1S/C11H19NO6S/c1-6(2)9(11(14)15)12-10(13)7-3-4-8(5-7)19(16,17)18/h6-9H,3-5H2,1-2H3,(H,12,13)(H,14,15)(H,16,17,18)/t7-,8+,9-/m0/s1. The topological polar surface area (TPSA) is 121 Å². The monoisotopic (exact) mass is 293 g/mol. The number of aliphatic carboxylic acids is 1. The van der Waals surface area contributed by atoms with Gasteiger partial charge in [0, 0.05) is 5.92 Å². The molecule has 0 spiro atoms. The quantitative estimate of drug-likeness (QED) is 0.626. The number of hydrogen-bond acceptors (Lipinski definition) is 4. The minimum atomic E-state index is -4.13. The number of carboxylic acid groups (broad SMARTS) is 1. The van der Waals surface area contributed by atoms with Crippen LogP contribution in [0.1, 0.15) is 33.1 Å². The average Bonchev–Trinajstić information content (AvgIpc) is 2.73. The molecule has 1 rings (SSSR count). The van der Waals surface area contributed by atoms with Crippen LogP contribution >= 0.6 is 0 Å². The van der Waals surface area contributed by atoms with E-state index in [0.29, 0.717) is 6.42 Å². The van der Waals surface area contributed by atoms with E-state index < -0.39 is 39.2 Å². The van der Waals surface area contributed by atoms with Crippen LogP contribution in [0.3, 0.4) is 0 Å². The minimum Gasteiger partial charge on any atom is -0.480 e. The molecule has 1 aliphatic rings. The van der Waals surface area contributed by atoms with Crippen molar-refractivity contribution >= 4 is 22.0 Å². The van der Waals surface area contributed by atoms with Crippen molar-refractivity contribution in [2.45, 2.75) is 44.4 Å².